The molecule has 0 unspecified atom stereocenters. The van der Waals surface area contributed by atoms with Crippen molar-refractivity contribution in [3.05, 3.63) is 112 Å². The van der Waals surface area contributed by atoms with E-state index >= 15 is 0 Å². The quantitative estimate of drug-likeness (QED) is 0.0880. The van der Waals surface area contributed by atoms with Gasteiger partial charge in [0.25, 0.3) is 0 Å². The van der Waals surface area contributed by atoms with Crippen LogP contribution in [-0.2, 0) is 51.8 Å². The van der Waals surface area contributed by atoms with Gasteiger partial charge in [0.05, 0.1) is 27.6 Å². The first-order valence-corrected chi connectivity index (χ1v) is 18.5. The summed E-state index contributed by atoms with van der Waals surface area (Å²) >= 11 is 3.10. The topological polar surface area (TPSA) is 108 Å². The summed E-state index contributed by atoms with van der Waals surface area (Å²) in [6.45, 7) is 9.81. The number of nitrogens with zero attached hydrogens (tertiary/aromatic N) is 3. The van der Waals surface area contributed by atoms with E-state index in [4.69, 9.17) is 9.72 Å². The first kappa shape index (κ1) is 43.1. The fourth-order valence-electron chi connectivity index (χ4n) is 5.35. The van der Waals surface area contributed by atoms with Gasteiger partial charge in [-0.15, -0.1) is 22.7 Å². The van der Waals surface area contributed by atoms with Crippen LogP contribution in [0.15, 0.2) is 77.8 Å². The van der Waals surface area contributed by atoms with Crippen LogP contribution in [0, 0.1) is 13.3 Å². The molecule has 0 aliphatic carbocycles. The van der Waals surface area contributed by atoms with Crippen molar-refractivity contribution in [3.8, 4) is 0 Å². The summed E-state index contributed by atoms with van der Waals surface area (Å²) in [6.07, 6.45) is 4.39. The van der Waals surface area contributed by atoms with Crippen LogP contribution in [-0.4, -0.2) is 58.7 Å². The number of urea groups is 1. The van der Waals surface area contributed by atoms with Gasteiger partial charge < -0.3 is 33.0 Å². The van der Waals surface area contributed by atoms with Crippen molar-refractivity contribution in [3.63, 3.8) is 0 Å². The average molecular weight is 890 g/mol. The number of aromatic nitrogens is 2. The average Bonchev–Trinajstić information content (AvgIpc) is 3.78. The zero-order valence-corrected chi connectivity index (χ0v) is 34.7. The van der Waals surface area contributed by atoms with Crippen LogP contribution in [0.4, 0.5) is 9.59 Å². The van der Waals surface area contributed by atoms with Gasteiger partial charge in [-0.3, -0.25) is 4.98 Å². The number of hydrogen-bond donors (Lipinski definition) is 3. The van der Waals surface area contributed by atoms with Gasteiger partial charge >= 0.3 is 12.1 Å². The van der Waals surface area contributed by atoms with Crippen molar-refractivity contribution < 1.29 is 35.4 Å². The zero-order chi connectivity index (χ0) is 34.3. The molecule has 3 N–H and O–H groups in total. The van der Waals surface area contributed by atoms with Crippen LogP contribution >= 0.6 is 22.7 Å². The molecule has 0 bridgehead atoms. The zero-order valence-electron chi connectivity index (χ0n) is 30.1. The van der Waals surface area contributed by atoms with Gasteiger partial charge in [-0.2, -0.15) is 0 Å². The Bertz CT molecular complexity index is 1510. The third-order valence-electron chi connectivity index (χ3n) is 8.21. The molecule has 0 saturated carbocycles. The van der Waals surface area contributed by atoms with Crippen molar-refractivity contribution in [1.29, 1.82) is 0 Å². The molecular formula is C38H53N6O3S2W-. The number of benzene rings is 2. The minimum absolute atomic E-state index is 0. The van der Waals surface area contributed by atoms with Gasteiger partial charge in [0, 0.05) is 70.3 Å². The van der Waals surface area contributed by atoms with Crippen molar-refractivity contribution >= 4 is 34.8 Å². The van der Waals surface area contributed by atoms with Gasteiger partial charge in [0.15, 0.2) is 0 Å². The molecule has 272 valence electrons. The molecule has 0 radical (unpaired) electrons. The molecule has 0 aliphatic rings. The molecule has 0 aliphatic heterocycles. The summed E-state index contributed by atoms with van der Waals surface area (Å²) in [7, 11) is 1.81. The Hall–Kier alpha value is -3.11. The Labute approximate surface area is 321 Å². The molecule has 2 heterocycles. The third-order valence-corrected chi connectivity index (χ3v) is 10.2. The van der Waals surface area contributed by atoms with Crippen LogP contribution in [0.1, 0.15) is 73.2 Å². The molecular weight excluding hydrogens is 836 g/mol. The van der Waals surface area contributed by atoms with Crippen LogP contribution < -0.4 is 16.0 Å². The Morgan fingerprint density at radius 2 is 1.50 bits per heavy atom. The number of alkyl carbamates (subject to hydrolysis) is 1. The molecule has 4 rings (SSSR count). The maximum Gasteiger partial charge on any atom is 0.407 e. The van der Waals surface area contributed by atoms with Crippen LogP contribution in [0.5, 0.6) is 0 Å². The molecule has 2 aromatic heterocycles. The minimum Gasteiger partial charge on any atom is -0.444 e. The molecule has 0 fully saturated rings. The predicted molar refractivity (Wildman–Crippen MR) is 202 cm³/mol. The second-order valence-corrected chi connectivity index (χ2v) is 14.8. The van der Waals surface area contributed by atoms with Crippen molar-refractivity contribution in [1.82, 2.24) is 30.8 Å². The van der Waals surface area contributed by atoms with Crippen molar-refractivity contribution in [2.45, 2.75) is 90.6 Å². The van der Waals surface area contributed by atoms with Crippen LogP contribution in [0.25, 0.3) is 0 Å². The Morgan fingerprint density at radius 3 is 2.06 bits per heavy atom. The number of carbonyl (C=O) groups is 2. The second-order valence-electron chi connectivity index (χ2n) is 12.9. The van der Waals surface area contributed by atoms with E-state index in [1.54, 1.807) is 27.9 Å². The maximum absolute atomic E-state index is 13.3. The van der Waals surface area contributed by atoms with E-state index in [0.717, 1.165) is 40.4 Å². The molecule has 50 heavy (non-hydrogen) atoms. The number of thiazole rings is 2. The fraction of sp³-hybridized carbons (Fsp3) is 0.447. The molecule has 3 amide bonds. The van der Waals surface area contributed by atoms with E-state index in [0.29, 0.717) is 25.4 Å². The smallest absolute Gasteiger partial charge is 0.407 e. The molecule has 12 heteroatoms. The molecule has 0 spiro atoms. The van der Waals surface area contributed by atoms with Gasteiger partial charge in [0.2, 0.25) is 0 Å². The van der Waals surface area contributed by atoms with E-state index in [1.807, 2.05) is 36.7 Å². The van der Waals surface area contributed by atoms with E-state index in [1.165, 1.54) is 16.9 Å². The minimum atomic E-state index is -0.429. The predicted octanol–water partition coefficient (Wildman–Crippen LogP) is 7.86. The Balaban J connectivity index is 0.00000433. The normalized spacial score (nSPS) is 12.7. The van der Waals surface area contributed by atoms with E-state index < -0.39 is 6.09 Å². The largest absolute Gasteiger partial charge is 0.444 e. The fourth-order valence-corrected chi connectivity index (χ4v) is 6.68. The number of hydrogen-bond acceptors (Lipinski definition) is 8. The number of ether oxygens (including phenoxy) is 1. The Morgan fingerprint density at radius 1 is 0.880 bits per heavy atom. The van der Waals surface area contributed by atoms with Gasteiger partial charge in [-0.1, -0.05) is 88.4 Å². The summed E-state index contributed by atoms with van der Waals surface area (Å²) < 4.78 is 5.52. The summed E-state index contributed by atoms with van der Waals surface area (Å²) in [5, 5.41) is 13.3. The maximum atomic E-state index is 13.3. The number of rotatable bonds is 18. The SMILES string of the molecule is CC(C)c1nc(CN(C)C(=O)N[C@H](CN[C@H](CC[C@H](Cc2ccccc2)NC(=O)OCc2cncs2)Cc2ccccc2)C(C)C)cs1.[CH3-].[W]. The van der Waals surface area contributed by atoms with E-state index in [2.05, 4.69) is 85.0 Å². The van der Waals surface area contributed by atoms with E-state index in [9.17, 15) is 9.59 Å². The summed E-state index contributed by atoms with van der Waals surface area (Å²) in [5.74, 6) is 0.593. The summed E-state index contributed by atoms with van der Waals surface area (Å²) in [6, 6.07) is 20.5. The number of nitrogens with one attached hydrogen (secondary N) is 3. The third kappa shape index (κ3) is 15.0. The first-order chi connectivity index (χ1) is 23.2. The monoisotopic (exact) mass is 889 g/mol. The van der Waals surface area contributed by atoms with Crippen molar-refractivity contribution in [2.75, 3.05) is 13.6 Å². The van der Waals surface area contributed by atoms with Crippen LogP contribution in [0.3, 0.4) is 0 Å². The number of amides is 3. The van der Waals surface area contributed by atoms with E-state index in [-0.39, 0.29) is 65.2 Å². The summed E-state index contributed by atoms with van der Waals surface area (Å²) in [4.78, 5) is 37.5. The molecule has 3 atom stereocenters. The number of carbonyl (C=O) groups excluding carboxylic acids is 2. The standard InChI is InChI=1S/C37H50N6O3S2.CH3.W/c1-26(2)34(42-36(44)43(5)22-32-24-47-35(40-32)27(3)4)21-39-30(18-28-12-8-6-9-13-28)16-17-31(19-29-14-10-7-11-15-29)41-37(45)46-23-33-20-38-25-48-33;;/h6-15,20,24-27,30-31,34,39H,16-19,21-23H2,1-5H3,(H,41,45)(H,42,44);1H3;/q;-1;/t30-,31-,34-;;/m1../s1. The van der Waals surface area contributed by atoms with Gasteiger partial charge in [-0.05, 0) is 42.7 Å². The van der Waals surface area contributed by atoms with Crippen molar-refractivity contribution in [2.24, 2.45) is 5.92 Å². The molecule has 2 aromatic carbocycles. The molecule has 4 aromatic rings. The first-order valence-electron chi connectivity index (χ1n) is 16.7. The van der Waals surface area contributed by atoms with Crippen LogP contribution in [0.2, 0.25) is 0 Å². The van der Waals surface area contributed by atoms with Gasteiger partial charge in [-0.25, -0.2) is 14.6 Å². The summed E-state index contributed by atoms with van der Waals surface area (Å²) in [5.41, 5.74) is 5.03. The van der Waals surface area contributed by atoms with Gasteiger partial charge in [0.1, 0.15) is 6.61 Å². The molecule has 0 saturated heterocycles. The molecule has 9 nitrogen and oxygen atoms in total. The second kappa shape index (κ2) is 22.7. The Kier molecular flexibility index (Phi) is 19.5.